The molecule has 0 amide bonds. The minimum atomic E-state index is -0.978. The van der Waals surface area contributed by atoms with E-state index in [0.717, 1.165) is 10.4 Å². The highest BCUT2D eigenvalue weighted by atomic mass is 32.1. The number of aliphatic carboxylic acids is 1. The Morgan fingerprint density at radius 2 is 2.09 bits per heavy atom. The Labute approximate surface area is 129 Å². The van der Waals surface area contributed by atoms with Crippen molar-refractivity contribution < 1.29 is 18.7 Å². The van der Waals surface area contributed by atoms with E-state index in [4.69, 9.17) is 9.52 Å². The van der Waals surface area contributed by atoms with E-state index >= 15 is 0 Å². The zero-order valence-electron chi connectivity index (χ0n) is 11.7. The molecule has 22 heavy (non-hydrogen) atoms. The molecule has 0 unspecified atom stereocenters. The summed E-state index contributed by atoms with van der Waals surface area (Å²) >= 11 is 1.47. The molecule has 0 fully saturated rings. The number of halogens is 1. The minimum Gasteiger partial charge on any atom is -0.481 e. The number of carboxylic acids is 1. The second-order valence-corrected chi connectivity index (χ2v) is 5.77. The molecule has 0 aliphatic heterocycles. The molecular formula is C16H12FNO3S. The number of carboxylic acid groups (broad SMARTS) is 1. The highest BCUT2D eigenvalue weighted by molar-refractivity contribution is 7.13. The van der Waals surface area contributed by atoms with Gasteiger partial charge in [-0.25, -0.2) is 9.37 Å². The van der Waals surface area contributed by atoms with Crippen LogP contribution in [0.3, 0.4) is 0 Å². The van der Waals surface area contributed by atoms with Gasteiger partial charge in [0.25, 0.3) is 0 Å². The van der Waals surface area contributed by atoms with Crippen molar-refractivity contribution in [1.29, 1.82) is 0 Å². The first-order valence-electron chi connectivity index (χ1n) is 6.56. The molecule has 1 aromatic carbocycles. The maximum atomic E-state index is 13.0. The summed E-state index contributed by atoms with van der Waals surface area (Å²) in [5.41, 5.74) is 2.04. The van der Waals surface area contributed by atoms with Crippen molar-refractivity contribution in [3.8, 4) is 22.1 Å². The average molecular weight is 317 g/mol. The Bertz CT molecular complexity index is 820. The van der Waals surface area contributed by atoms with Crippen LogP contribution in [0.25, 0.3) is 22.1 Å². The van der Waals surface area contributed by atoms with Crippen LogP contribution in [0.1, 0.15) is 11.3 Å². The minimum absolute atomic E-state index is 0.225. The monoisotopic (exact) mass is 317 g/mol. The van der Waals surface area contributed by atoms with Crippen molar-refractivity contribution in [3.05, 3.63) is 52.8 Å². The molecule has 4 nitrogen and oxygen atoms in total. The van der Waals surface area contributed by atoms with Crippen LogP contribution >= 0.6 is 11.3 Å². The smallest absolute Gasteiger partial charge is 0.309 e. The molecule has 1 N–H and O–H groups in total. The van der Waals surface area contributed by atoms with Crippen molar-refractivity contribution in [2.24, 2.45) is 0 Å². The van der Waals surface area contributed by atoms with Crippen LogP contribution in [0.5, 0.6) is 0 Å². The molecule has 2 aromatic heterocycles. The van der Waals surface area contributed by atoms with E-state index in [0.29, 0.717) is 17.0 Å². The van der Waals surface area contributed by atoms with Gasteiger partial charge in [0.05, 0.1) is 17.0 Å². The quantitative estimate of drug-likeness (QED) is 0.785. The van der Waals surface area contributed by atoms with Crippen molar-refractivity contribution in [3.63, 3.8) is 0 Å². The third kappa shape index (κ3) is 2.92. The van der Waals surface area contributed by atoms with Crippen molar-refractivity contribution in [2.75, 3.05) is 0 Å². The van der Waals surface area contributed by atoms with Crippen LogP contribution in [-0.2, 0) is 11.2 Å². The SMILES string of the molecule is Cc1csc(-c2oc(-c3ccc(F)cc3)nc2CC(=O)O)c1. The number of benzene rings is 1. The molecule has 0 atom stereocenters. The van der Waals surface area contributed by atoms with Gasteiger partial charge in [0.2, 0.25) is 5.89 Å². The van der Waals surface area contributed by atoms with Gasteiger partial charge in [-0.1, -0.05) is 0 Å². The molecule has 0 radical (unpaired) electrons. The number of hydrogen-bond donors (Lipinski definition) is 1. The summed E-state index contributed by atoms with van der Waals surface area (Å²) in [6.45, 7) is 1.95. The van der Waals surface area contributed by atoms with Crippen LogP contribution < -0.4 is 0 Å². The predicted octanol–water partition coefficient (Wildman–Crippen LogP) is 4.14. The molecule has 3 aromatic rings. The maximum absolute atomic E-state index is 13.0. The topological polar surface area (TPSA) is 63.3 Å². The fraction of sp³-hybridized carbons (Fsp3) is 0.125. The summed E-state index contributed by atoms with van der Waals surface area (Å²) in [6, 6.07) is 7.64. The summed E-state index contributed by atoms with van der Waals surface area (Å²) < 4.78 is 18.8. The Hall–Kier alpha value is -2.47. The first-order valence-corrected chi connectivity index (χ1v) is 7.44. The van der Waals surface area contributed by atoms with Gasteiger partial charge in [-0.15, -0.1) is 11.3 Å². The average Bonchev–Trinajstić information content (AvgIpc) is 3.05. The van der Waals surface area contributed by atoms with Gasteiger partial charge in [-0.3, -0.25) is 4.79 Å². The number of aromatic nitrogens is 1. The lowest BCUT2D eigenvalue weighted by Gasteiger charge is -1.95. The summed E-state index contributed by atoms with van der Waals surface area (Å²) in [7, 11) is 0. The first-order chi connectivity index (χ1) is 10.5. The summed E-state index contributed by atoms with van der Waals surface area (Å²) in [6.07, 6.45) is -0.225. The Kier molecular flexibility index (Phi) is 3.77. The summed E-state index contributed by atoms with van der Waals surface area (Å²) in [5.74, 6) is -0.583. The normalized spacial score (nSPS) is 10.8. The Balaban J connectivity index is 2.07. The lowest BCUT2D eigenvalue weighted by atomic mass is 10.2. The van der Waals surface area contributed by atoms with E-state index in [1.807, 2.05) is 18.4 Å². The lowest BCUT2D eigenvalue weighted by Crippen LogP contribution is -2.01. The zero-order chi connectivity index (χ0) is 15.7. The van der Waals surface area contributed by atoms with E-state index in [2.05, 4.69) is 4.98 Å². The molecule has 6 heteroatoms. The molecule has 0 bridgehead atoms. The van der Waals surface area contributed by atoms with Gasteiger partial charge in [0.1, 0.15) is 5.82 Å². The molecule has 2 heterocycles. The molecular weight excluding hydrogens is 305 g/mol. The van der Waals surface area contributed by atoms with Crippen molar-refractivity contribution >= 4 is 17.3 Å². The van der Waals surface area contributed by atoms with Gasteiger partial charge in [0, 0.05) is 5.56 Å². The summed E-state index contributed by atoms with van der Waals surface area (Å²) in [4.78, 5) is 16.1. The van der Waals surface area contributed by atoms with Crippen molar-refractivity contribution in [2.45, 2.75) is 13.3 Å². The van der Waals surface area contributed by atoms with Crippen LogP contribution in [0.4, 0.5) is 4.39 Å². The van der Waals surface area contributed by atoms with Crippen molar-refractivity contribution in [1.82, 2.24) is 4.98 Å². The number of thiophene rings is 1. The van der Waals surface area contributed by atoms with Crippen LogP contribution in [0, 0.1) is 12.7 Å². The molecule has 0 aliphatic rings. The number of aryl methyl sites for hydroxylation is 1. The zero-order valence-corrected chi connectivity index (χ0v) is 12.5. The van der Waals surface area contributed by atoms with Gasteiger partial charge in [-0.2, -0.15) is 0 Å². The van der Waals surface area contributed by atoms with Gasteiger partial charge >= 0.3 is 5.97 Å². The molecule has 112 valence electrons. The Morgan fingerprint density at radius 1 is 1.36 bits per heavy atom. The molecule has 0 saturated heterocycles. The second-order valence-electron chi connectivity index (χ2n) is 4.86. The van der Waals surface area contributed by atoms with E-state index in [1.54, 1.807) is 12.1 Å². The second kappa shape index (κ2) is 5.73. The van der Waals surface area contributed by atoms with E-state index in [-0.39, 0.29) is 18.1 Å². The number of oxazole rings is 1. The van der Waals surface area contributed by atoms with Gasteiger partial charge in [-0.05, 0) is 48.2 Å². The third-order valence-corrected chi connectivity index (χ3v) is 4.11. The highest BCUT2D eigenvalue weighted by Gasteiger charge is 2.19. The Morgan fingerprint density at radius 3 is 2.68 bits per heavy atom. The molecule has 0 saturated carbocycles. The lowest BCUT2D eigenvalue weighted by molar-refractivity contribution is -0.136. The molecule has 3 rings (SSSR count). The standard InChI is InChI=1S/C16H12FNO3S/c1-9-6-13(22-8-9)15-12(7-14(19)20)18-16(21-15)10-2-4-11(17)5-3-10/h2-6,8H,7H2,1H3,(H,19,20). The number of rotatable bonds is 4. The van der Waals surface area contributed by atoms with E-state index in [1.165, 1.54) is 23.5 Å². The van der Waals surface area contributed by atoms with Crippen LogP contribution in [0.2, 0.25) is 0 Å². The fourth-order valence-electron chi connectivity index (χ4n) is 2.07. The van der Waals surface area contributed by atoms with Crippen LogP contribution in [0.15, 0.2) is 40.1 Å². The fourth-order valence-corrected chi connectivity index (χ4v) is 2.97. The summed E-state index contributed by atoms with van der Waals surface area (Å²) in [5, 5.41) is 11.0. The number of carbonyl (C=O) groups is 1. The van der Waals surface area contributed by atoms with E-state index < -0.39 is 5.97 Å². The first kappa shape index (κ1) is 14.5. The van der Waals surface area contributed by atoms with Gasteiger partial charge in [0.15, 0.2) is 5.76 Å². The number of nitrogens with zero attached hydrogens (tertiary/aromatic N) is 1. The maximum Gasteiger partial charge on any atom is 0.309 e. The molecule has 0 aliphatic carbocycles. The third-order valence-electron chi connectivity index (χ3n) is 3.06. The molecule has 0 spiro atoms. The van der Waals surface area contributed by atoms with Gasteiger partial charge < -0.3 is 9.52 Å². The predicted molar refractivity (Wildman–Crippen MR) is 81.3 cm³/mol. The van der Waals surface area contributed by atoms with E-state index in [9.17, 15) is 9.18 Å². The largest absolute Gasteiger partial charge is 0.481 e. The highest BCUT2D eigenvalue weighted by Crippen LogP contribution is 2.34. The van der Waals surface area contributed by atoms with Crippen LogP contribution in [-0.4, -0.2) is 16.1 Å². The number of hydrogen-bond acceptors (Lipinski definition) is 4.